The molecule has 0 N–H and O–H groups in total. The number of allylic oxidation sites excluding steroid dienone is 8. The van der Waals surface area contributed by atoms with Gasteiger partial charge in [-0.05, 0) is 91.1 Å². The van der Waals surface area contributed by atoms with Crippen molar-refractivity contribution in [1.29, 1.82) is 0 Å². The van der Waals surface area contributed by atoms with Gasteiger partial charge in [0.05, 0.1) is 39.1 Å². The Morgan fingerprint density at radius 2 is 0.780 bits per heavy atom. The van der Waals surface area contributed by atoms with E-state index in [2.05, 4.69) is 81.5 Å². The van der Waals surface area contributed by atoms with Gasteiger partial charge in [0.1, 0.15) is 0 Å². The fraction of sp³-hybridized carbons (Fsp3) is 0.822. The van der Waals surface area contributed by atoms with Crippen LogP contribution in [0.1, 0.15) is 168 Å². The molecular weight excluding hydrogens is 618 g/mol. The van der Waals surface area contributed by atoms with Crippen LogP contribution in [0.3, 0.4) is 0 Å². The Labute approximate surface area is 312 Å². The molecule has 1 unspecified atom stereocenters. The molecule has 5 nitrogen and oxygen atoms in total. The van der Waals surface area contributed by atoms with E-state index in [1.54, 1.807) is 0 Å². The Morgan fingerprint density at radius 3 is 1.22 bits per heavy atom. The maximum atomic E-state index is 6.08. The Morgan fingerprint density at radius 1 is 0.400 bits per heavy atom. The maximum absolute atomic E-state index is 6.08. The fourth-order valence-corrected chi connectivity index (χ4v) is 5.76. The largest absolute Gasteiger partial charge is 0.379 e. The first-order valence-corrected chi connectivity index (χ1v) is 21.3. The molecule has 0 aliphatic rings. The molecular formula is C45H85NO4. The van der Waals surface area contributed by atoms with E-state index in [0.717, 1.165) is 45.4 Å². The summed E-state index contributed by atoms with van der Waals surface area (Å²) in [6.07, 6.45) is 49.2. The quantitative estimate of drug-likeness (QED) is 0.0468. The lowest BCUT2D eigenvalue weighted by Gasteiger charge is -2.21. The Balaban J connectivity index is 3.51. The van der Waals surface area contributed by atoms with E-state index in [1.165, 1.54) is 128 Å². The van der Waals surface area contributed by atoms with Crippen LogP contribution in [0.15, 0.2) is 48.6 Å². The highest BCUT2D eigenvalue weighted by Crippen LogP contribution is 2.10. The summed E-state index contributed by atoms with van der Waals surface area (Å²) < 4.78 is 23.6. The summed E-state index contributed by atoms with van der Waals surface area (Å²) in [6, 6.07) is 0. The third-order valence-electron chi connectivity index (χ3n) is 8.80. The summed E-state index contributed by atoms with van der Waals surface area (Å²) in [4.78, 5) is 2.15. The van der Waals surface area contributed by atoms with Gasteiger partial charge in [-0.2, -0.15) is 0 Å². The molecule has 0 fully saturated rings. The van der Waals surface area contributed by atoms with E-state index in [1.807, 2.05) is 0 Å². The minimum absolute atomic E-state index is 0.0584. The molecule has 0 rings (SSSR count). The lowest BCUT2D eigenvalue weighted by atomic mass is 10.1. The summed E-state index contributed by atoms with van der Waals surface area (Å²) in [5, 5.41) is 0. The highest BCUT2D eigenvalue weighted by molar-refractivity contribution is 4.93. The zero-order valence-electron chi connectivity index (χ0n) is 33.9. The van der Waals surface area contributed by atoms with Crippen LogP contribution in [-0.4, -0.2) is 77.9 Å². The highest BCUT2D eigenvalue weighted by atomic mass is 16.6. The van der Waals surface area contributed by atoms with Gasteiger partial charge < -0.3 is 23.8 Å². The van der Waals surface area contributed by atoms with Crippen molar-refractivity contribution in [2.75, 3.05) is 66.9 Å². The molecule has 0 spiro atoms. The molecule has 294 valence electrons. The normalized spacial score (nSPS) is 13.1. The second kappa shape index (κ2) is 43.9. The SMILES string of the molecule is CCCCC/C=C\C/C=C\CCCCCCCCOCCOCC(CN(C)C)OCCOCCCCCCCC/C=C\C/C=C\CCCCC. The number of ether oxygens (including phenoxy) is 4. The predicted molar refractivity (Wildman–Crippen MR) is 219 cm³/mol. The molecule has 0 aromatic carbocycles. The molecule has 0 aromatic rings. The number of hydrogen-bond acceptors (Lipinski definition) is 5. The molecule has 1 atom stereocenters. The van der Waals surface area contributed by atoms with Gasteiger partial charge >= 0.3 is 0 Å². The van der Waals surface area contributed by atoms with Gasteiger partial charge in [0, 0.05) is 19.8 Å². The van der Waals surface area contributed by atoms with Crippen molar-refractivity contribution >= 4 is 0 Å². The number of rotatable bonds is 41. The first kappa shape index (κ1) is 48.8. The van der Waals surface area contributed by atoms with Crippen LogP contribution < -0.4 is 0 Å². The van der Waals surface area contributed by atoms with Gasteiger partial charge in [-0.25, -0.2) is 0 Å². The Bertz CT molecular complexity index is 747. The molecule has 0 radical (unpaired) electrons. The summed E-state index contributed by atoms with van der Waals surface area (Å²) in [5.41, 5.74) is 0. The molecule has 0 aliphatic carbocycles. The molecule has 0 saturated carbocycles. The molecule has 50 heavy (non-hydrogen) atoms. The monoisotopic (exact) mass is 704 g/mol. The van der Waals surface area contributed by atoms with Gasteiger partial charge in [-0.15, -0.1) is 0 Å². The average Bonchev–Trinajstić information content (AvgIpc) is 3.11. The Kier molecular flexibility index (Phi) is 42.8. The van der Waals surface area contributed by atoms with Gasteiger partial charge in [0.25, 0.3) is 0 Å². The van der Waals surface area contributed by atoms with E-state index < -0.39 is 0 Å². The number of likely N-dealkylation sites (N-methyl/N-ethyl adjacent to an activating group) is 1. The van der Waals surface area contributed by atoms with E-state index in [0.29, 0.717) is 33.0 Å². The summed E-state index contributed by atoms with van der Waals surface area (Å²) >= 11 is 0. The van der Waals surface area contributed by atoms with Crippen molar-refractivity contribution in [2.45, 2.75) is 174 Å². The first-order valence-electron chi connectivity index (χ1n) is 21.3. The lowest BCUT2D eigenvalue weighted by molar-refractivity contribution is -0.0546. The van der Waals surface area contributed by atoms with Crippen LogP contribution >= 0.6 is 0 Å². The van der Waals surface area contributed by atoms with Gasteiger partial charge in [-0.1, -0.05) is 140 Å². The molecule has 0 heterocycles. The van der Waals surface area contributed by atoms with Crippen LogP contribution in [0, 0.1) is 0 Å². The second-order valence-electron chi connectivity index (χ2n) is 14.2. The van der Waals surface area contributed by atoms with Crippen molar-refractivity contribution in [3.63, 3.8) is 0 Å². The molecule has 0 aliphatic heterocycles. The van der Waals surface area contributed by atoms with Crippen LogP contribution in [0.2, 0.25) is 0 Å². The van der Waals surface area contributed by atoms with Crippen molar-refractivity contribution in [2.24, 2.45) is 0 Å². The Hall–Kier alpha value is -1.24. The van der Waals surface area contributed by atoms with E-state index in [4.69, 9.17) is 18.9 Å². The topological polar surface area (TPSA) is 40.2 Å². The van der Waals surface area contributed by atoms with Crippen LogP contribution in [-0.2, 0) is 18.9 Å². The zero-order chi connectivity index (χ0) is 36.3. The van der Waals surface area contributed by atoms with Crippen LogP contribution in [0.5, 0.6) is 0 Å². The summed E-state index contributed by atoms with van der Waals surface area (Å²) in [5.74, 6) is 0. The fourth-order valence-electron chi connectivity index (χ4n) is 5.76. The summed E-state index contributed by atoms with van der Waals surface area (Å²) in [6.45, 7) is 10.2. The number of nitrogens with zero attached hydrogens (tertiary/aromatic N) is 1. The molecule has 5 heteroatoms. The first-order chi connectivity index (χ1) is 24.7. The van der Waals surface area contributed by atoms with Gasteiger partial charge in [-0.3, -0.25) is 0 Å². The number of hydrogen-bond donors (Lipinski definition) is 0. The third kappa shape index (κ3) is 42.9. The average molecular weight is 704 g/mol. The van der Waals surface area contributed by atoms with E-state index in [9.17, 15) is 0 Å². The van der Waals surface area contributed by atoms with Gasteiger partial charge in [0.2, 0.25) is 0 Å². The van der Waals surface area contributed by atoms with E-state index in [-0.39, 0.29) is 6.10 Å². The predicted octanol–water partition coefficient (Wildman–Crippen LogP) is 12.6. The van der Waals surface area contributed by atoms with Crippen molar-refractivity contribution < 1.29 is 18.9 Å². The van der Waals surface area contributed by atoms with Crippen LogP contribution in [0.25, 0.3) is 0 Å². The maximum Gasteiger partial charge on any atom is 0.0935 e. The minimum Gasteiger partial charge on any atom is -0.379 e. The lowest BCUT2D eigenvalue weighted by Crippen LogP contribution is -2.33. The molecule has 0 saturated heterocycles. The van der Waals surface area contributed by atoms with E-state index >= 15 is 0 Å². The molecule has 0 amide bonds. The standard InChI is InChI=1S/C45H85NO4/c1-5-7-9-11-13-15-17-19-21-23-25-27-29-31-33-35-37-47-39-40-49-44-45(43-46(3)4)50-42-41-48-38-36-34-32-30-28-26-24-22-20-18-16-14-12-10-8-6-2/h13-16,19-22,45H,5-12,17-18,23-44H2,1-4H3/b15-13-,16-14-,21-19-,22-20-. The van der Waals surface area contributed by atoms with Crippen LogP contribution in [0.4, 0.5) is 0 Å². The molecule has 0 bridgehead atoms. The smallest absolute Gasteiger partial charge is 0.0935 e. The minimum atomic E-state index is 0.0584. The van der Waals surface area contributed by atoms with Crippen molar-refractivity contribution in [3.8, 4) is 0 Å². The van der Waals surface area contributed by atoms with Crippen molar-refractivity contribution in [1.82, 2.24) is 4.90 Å². The zero-order valence-corrected chi connectivity index (χ0v) is 33.9. The second-order valence-corrected chi connectivity index (χ2v) is 14.2. The third-order valence-corrected chi connectivity index (χ3v) is 8.80. The van der Waals surface area contributed by atoms with Crippen molar-refractivity contribution in [3.05, 3.63) is 48.6 Å². The van der Waals surface area contributed by atoms with Gasteiger partial charge in [0.15, 0.2) is 0 Å². The molecule has 0 aromatic heterocycles. The number of unbranched alkanes of at least 4 members (excludes halogenated alkanes) is 18. The highest BCUT2D eigenvalue weighted by Gasteiger charge is 2.11. The summed E-state index contributed by atoms with van der Waals surface area (Å²) in [7, 11) is 4.16.